The molecule has 0 unspecified atom stereocenters. The summed E-state index contributed by atoms with van der Waals surface area (Å²) in [5.41, 5.74) is 2.55. The summed E-state index contributed by atoms with van der Waals surface area (Å²) < 4.78 is 0. The van der Waals surface area contributed by atoms with E-state index in [9.17, 15) is 4.79 Å². The Bertz CT molecular complexity index is 499. The number of carbonyl (C=O) groups excluding carboxylic acids is 1. The molecule has 0 bridgehead atoms. The van der Waals surface area contributed by atoms with Crippen LogP contribution in [0.5, 0.6) is 0 Å². The molecule has 0 amide bonds. The molecule has 3 rings (SSSR count). The van der Waals surface area contributed by atoms with Gasteiger partial charge in [-0.25, -0.2) is 0 Å². The number of rotatable bonds is 1. The minimum atomic E-state index is 0.0926. The van der Waals surface area contributed by atoms with Crippen LogP contribution in [0.15, 0.2) is 85.0 Å². The highest BCUT2D eigenvalue weighted by molar-refractivity contribution is 6.01. The molecule has 0 spiro atoms. The average molecular weight is 234 g/mol. The first kappa shape index (κ1) is 12.1. The molecule has 0 N–H and O–H groups in total. The molecule has 0 aromatic heterocycles. The second-order valence-electron chi connectivity index (χ2n) is 3.85. The van der Waals surface area contributed by atoms with Crippen LogP contribution in [-0.2, 0) is 4.79 Å². The fourth-order valence-electron chi connectivity index (χ4n) is 1.62. The summed E-state index contributed by atoms with van der Waals surface area (Å²) in [6.07, 6.45) is 6.50. The Hall–Kier alpha value is -2.41. The van der Waals surface area contributed by atoms with Crippen LogP contribution in [0.4, 0.5) is 0 Å². The molecule has 2 aromatic rings. The van der Waals surface area contributed by atoms with Crippen molar-refractivity contribution >= 4 is 5.78 Å². The normalized spacial score (nSPS) is 12.1. The molecule has 0 aliphatic heterocycles. The number of hydrogen-bond acceptors (Lipinski definition) is 1. The van der Waals surface area contributed by atoms with E-state index in [2.05, 4.69) is 48.5 Å². The quantitative estimate of drug-likeness (QED) is 0.728. The minimum Gasteiger partial charge on any atom is -0.290 e. The van der Waals surface area contributed by atoms with Gasteiger partial charge >= 0.3 is 0 Å². The van der Waals surface area contributed by atoms with Crippen LogP contribution in [0, 0.1) is 0 Å². The van der Waals surface area contributed by atoms with E-state index in [1.165, 1.54) is 23.3 Å². The SMILES string of the molecule is O=C1C=CC=C1.c1ccc(-c2ccccc2)cc1. The lowest BCUT2D eigenvalue weighted by atomic mass is 10.1. The van der Waals surface area contributed by atoms with E-state index in [0.717, 1.165) is 0 Å². The van der Waals surface area contributed by atoms with Crippen molar-refractivity contribution in [1.82, 2.24) is 0 Å². The van der Waals surface area contributed by atoms with Crippen LogP contribution in [0.3, 0.4) is 0 Å². The Morgan fingerprint density at radius 2 is 0.944 bits per heavy atom. The molecule has 0 saturated heterocycles. The second-order valence-corrected chi connectivity index (χ2v) is 3.85. The van der Waals surface area contributed by atoms with Crippen LogP contribution in [0.1, 0.15) is 0 Å². The standard InChI is InChI=1S/C12H10.C5H4O/c1-3-7-11(8-4-1)12-9-5-2-6-10-12;6-5-3-1-2-4-5/h1-10H;1-4H. The lowest BCUT2D eigenvalue weighted by Crippen LogP contribution is -1.75. The Labute approximate surface area is 107 Å². The van der Waals surface area contributed by atoms with Crippen LogP contribution < -0.4 is 0 Å². The molecule has 0 fully saturated rings. The van der Waals surface area contributed by atoms with Crippen LogP contribution >= 0.6 is 0 Å². The predicted octanol–water partition coefficient (Wildman–Crippen LogP) is 4.04. The van der Waals surface area contributed by atoms with E-state index in [-0.39, 0.29) is 5.78 Å². The first-order valence-electron chi connectivity index (χ1n) is 5.85. The molecule has 18 heavy (non-hydrogen) atoms. The van der Waals surface area contributed by atoms with E-state index < -0.39 is 0 Å². The van der Waals surface area contributed by atoms with Gasteiger partial charge in [0.1, 0.15) is 0 Å². The number of carbonyl (C=O) groups is 1. The van der Waals surface area contributed by atoms with Gasteiger partial charge in [-0.3, -0.25) is 4.79 Å². The van der Waals surface area contributed by atoms with Gasteiger partial charge in [0.2, 0.25) is 0 Å². The molecule has 0 saturated carbocycles. The molecule has 0 radical (unpaired) electrons. The van der Waals surface area contributed by atoms with Gasteiger partial charge in [-0.2, -0.15) is 0 Å². The average Bonchev–Trinajstić information content (AvgIpc) is 2.93. The van der Waals surface area contributed by atoms with Gasteiger partial charge in [-0.1, -0.05) is 72.8 Å². The summed E-state index contributed by atoms with van der Waals surface area (Å²) in [5, 5.41) is 0. The predicted molar refractivity (Wildman–Crippen MR) is 75.2 cm³/mol. The summed E-state index contributed by atoms with van der Waals surface area (Å²) in [6, 6.07) is 20.8. The van der Waals surface area contributed by atoms with E-state index in [4.69, 9.17) is 0 Å². The first-order valence-corrected chi connectivity index (χ1v) is 5.85. The van der Waals surface area contributed by atoms with E-state index in [1.54, 1.807) is 12.2 Å². The molecule has 1 heteroatoms. The summed E-state index contributed by atoms with van der Waals surface area (Å²) >= 11 is 0. The topological polar surface area (TPSA) is 17.1 Å². The van der Waals surface area contributed by atoms with Gasteiger partial charge in [-0.05, 0) is 23.3 Å². The molecule has 0 heterocycles. The van der Waals surface area contributed by atoms with E-state index in [0.29, 0.717) is 0 Å². The summed E-state index contributed by atoms with van der Waals surface area (Å²) in [6.45, 7) is 0. The van der Waals surface area contributed by atoms with Gasteiger partial charge < -0.3 is 0 Å². The maximum Gasteiger partial charge on any atom is 0.178 e. The van der Waals surface area contributed by atoms with Gasteiger partial charge in [0.05, 0.1) is 0 Å². The highest BCUT2D eigenvalue weighted by Crippen LogP contribution is 2.17. The van der Waals surface area contributed by atoms with Gasteiger partial charge in [-0.15, -0.1) is 0 Å². The van der Waals surface area contributed by atoms with Crippen LogP contribution in [-0.4, -0.2) is 5.78 Å². The van der Waals surface area contributed by atoms with Crippen LogP contribution in [0.25, 0.3) is 11.1 Å². The molecular weight excluding hydrogens is 220 g/mol. The number of ketones is 1. The summed E-state index contributed by atoms with van der Waals surface area (Å²) in [5.74, 6) is 0.0926. The zero-order valence-electron chi connectivity index (χ0n) is 9.99. The maximum atomic E-state index is 10.1. The zero-order chi connectivity index (χ0) is 12.6. The van der Waals surface area contributed by atoms with Crippen molar-refractivity contribution in [2.75, 3.05) is 0 Å². The minimum absolute atomic E-state index is 0.0926. The van der Waals surface area contributed by atoms with E-state index in [1.807, 2.05) is 12.1 Å². The monoisotopic (exact) mass is 234 g/mol. The van der Waals surface area contributed by atoms with Gasteiger partial charge in [0.25, 0.3) is 0 Å². The zero-order valence-corrected chi connectivity index (χ0v) is 9.99. The fraction of sp³-hybridized carbons (Fsp3) is 0. The van der Waals surface area contributed by atoms with Crippen molar-refractivity contribution in [2.24, 2.45) is 0 Å². The summed E-state index contributed by atoms with van der Waals surface area (Å²) in [4.78, 5) is 10.1. The molecule has 0 atom stereocenters. The lowest BCUT2D eigenvalue weighted by Gasteiger charge is -1.98. The molecule has 1 aliphatic rings. The second kappa shape index (κ2) is 6.36. The highest BCUT2D eigenvalue weighted by Gasteiger charge is 1.91. The van der Waals surface area contributed by atoms with E-state index >= 15 is 0 Å². The van der Waals surface area contributed by atoms with Crippen molar-refractivity contribution in [2.45, 2.75) is 0 Å². The van der Waals surface area contributed by atoms with Crippen molar-refractivity contribution < 1.29 is 4.79 Å². The number of hydrogen-bond donors (Lipinski definition) is 0. The van der Waals surface area contributed by atoms with Crippen molar-refractivity contribution in [3.05, 3.63) is 85.0 Å². The largest absolute Gasteiger partial charge is 0.290 e. The summed E-state index contributed by atoms with van der Waals surface area (Å²) in [7, 11) is 0. The first-order chi connectivity index (χ1) is 8.86. The fourth-order valence-corrected chi connectivity index (χ4v) is 1.62. The van der Waals surface area contributed by atoms with Crippen molar-refractivity contribution in [3.63, 3.8) is 0 Å². The Morgan fingerprint density at radius 3 is 1.22 bits per heavy atom. The number of allylic oxidation sites excluding steroid dienone is 4. The molecule has 1 aliphatic carbocycles. The molecular formula is C17H14O. The number of benzene rings is 2. The van der Waals surface area contributed by atoms with Crippen molar-refractivity contribution in [3.8, 4) is 11.1 Å². The smallest absolute Gasteiger partial charge is 0.178 e. The third-order valence-electron chi connectivity index (χ3n) is 2.51. The Balaban J connectivity index is 0.000000169. The molecule has 1 nitrogen and oxygen atoms in total. The van der Waals surface area contributed by atoms with Gasteiger partial charge in [0.15, 0.2) is 5.78 Å². The van der Waals surface area contributed by atoms with Crippen LogP contribution in [0.2, 0.25) is 0 Å². The lowest BCUT2D eigenvalue weighted by molar-refractivity contribution is -0.110. The van der Waals surface area contributed by atoms with Crippen molar-refractivity contribution in [1.29, 1.82) is 0 Å². The maximum absolute atomic E-state index is 10.1. The Morgan fingerprint density at radius 1 is 0.556 bits per heavy atom. The third-order valence-corrected chi connectivity index (χ3v) is 2.51. The highest BCUT2D eigenvalue weighted by atomic mass is 16.1. The third kappa shape index (κ3) is 3.56. The van der Waals surface area contributed by atoms with Gasteiger partial charge in [0, 0.05) is 0 Å². The Kier molecular flexibility index (Phi) is 4.26. The molecule has 2 aromatic carbocycles. The molecule has 88 valence electrons.